The number of anilines is 4. The van der Waals surface area contributed by atoms with Crippen molar-refractivity contribution < 1.29 is 4.74 Å². The van der Waals surface area contributed by atoms with E-state index in [0.29, 0.717) is 11.5 Å². The van der Waals surface area contributed by atoms with E-state index in [1.165, 1.54) is 11.1 Å². The highest BCUT2D eigenvalue weighted by molar-refractivity contribution is 5.78. The van der Waals surface area contributed by atoms with E-state index >= 15 is 0 Å². The molecule has 2 aromatic carbocycles. The molecule has 6 nitrogen and oxygen atoms in total. The second kappa shape index (κ2) is 6.92. The second-order valence-corrected chi connectivity index (χ2v) is 6.26. The Morgan fingerprint density at radius 3 is 2.77 bits per heavy atom. The van der Waals surface area contributed by atoms with Crippen LogP contribution in [-0.2, 0) is 13.0 Å². The van der Waals surface area contributed by atoms with Gasteiger partial charge in [0.15, 0.2) is 11.6 Å². The number of nitrogens with zero attached hydrogens (tertiary/aromatic N) is 3. The smallest absolute Gasteiger partial charge is 0.159 e. The summed E-state index contributed by atoms with van der Waals surface area (Å²) in [6.45, 7) is 1.69. The van der Waals surface area contributed by atoms with Gasteiger partial charge in [-0.15, -0.1) is 0 Å². The van der Waals surface area contributed by atoms with E-state index in [-0.39, 0.29) is 0 Å². The fourth-order valence-corrected chi connectivity index (χ4v) is 3.25. The summed E-state index contributed by atoms with van der Waals surface area (Å²) >= 11 is 0. The van der Waals surface area contributed by atoms with Gasteiger partial charge in [0, 0.05) is 24.8 Å². The zero-order chi connectivity index (χ0) is 17.9. The minimum atomic E-state index is 0.551. The number of methoxy groups -OCH3 is 1. The van der Waals surface area contributed by atoms with Crippen LogP contribution in [0, 0.1) is 0 Å². The van der Waals surface area contributed by atoms with Crippen LogP contribution in [0.2, 0.25) is 0 Å². The first kappa shape index (κ1) is 16.2. The van der Waals surface area contributed by atoms with E-state index in [1.807, 2.05) is 24.3 Å². The van der Waals surface area contributed by atoms with Crippen molar-refractivity contribution in [3.8, 4) is 5.75 Å². The molecule has 2 heterocycles. The number of hydrogen-bond donors (Lipinski definition) is 2. The van der Waals surface area contributed by atoms with Crippen LogP contribution < -0.4 is 20.7 Å². The third kappa shape index (κ3) is 3.13. The number of nitrogen functional groups attached to an aromatic ring is 1. The first-order valence-corrected chi connectivity index (χ1v) is 8.58. The average Bonchev–Trinajstić information content (AvgIpc) is 2.69. The Labute approximate surface area is 152 Å². The van der Waals surface area contributed by atoms with Crippen LogP contribution in [0.15, 0.2) is 54.9 Å². The Bertz CT molecular complexity index is 928. The molecule has 1 aliphatic heterocycles. The summed E-state index contributed by atoms with van der Waals surface area (Å²) in [4.78, 5) is 11.0. The topological polar surface area (TPSA) is 76.3 Å². The van der Waals surface area contributed by atoms with Crippen molar-refractivity contribution in [2.24, 2.45) is 0 Å². The first-order valence-electron chi connectivity index (χ1n) is 8.58. The van der Waals surface area contributed by atoms with Gasteiger partial charge in [-0.05, 0) is 29.7 Å². The SMILES string of the molecule is COc1cccc(Nc2ncnc(N3CCc4ccccc4C3)c2N)c1. The van der Waals surface area contributed by atoms with Crippen LogP contribution in [0.4, 0.5) is 23.0 Å². The second-order valence-electron chi connectivity index (χ2n) is 6.26. The first-order chi connectivity index (χ1) is 12.7. The van der Waals surface area contributed by atoms with Crippen LogP contribution in [0.1, 0.15) is 11.1 Å². The summed E-state index contributed by atoms with van der Waals surface area (Å²) in [6.07, 6.45) is 2.53. The van der Waals surface area contributed by atoms with Crippen LogP contribution >= 0.6 is 0 Å². The van der Waals surface area contributed by atoms with Gasteiger partial charge in [0.1, 0.15) is 17.8 Å². The van der Waals surface area contributed by atoms with Gasteiger partial charge >= 0.3 is 0 Å². The summed E-state index contributed by atoms with van der Waals surface area (Å²) in [5.41, 5.74) is 10.5. The van der Waals surface area contributed by atoms with Crippen molar-refractivity contribution in [2.45, 2.75) is 13.0 Å². The Morgan fingerprint density at radius 1 is 1.08 bits per heavy atom. The Morgan fingerprint density at radius 2 is 1.92 bits per heavy atom. The molecular formula is C20H21N5O. The van der Waals surface area contributed by atoms with Gasteiger partial charge in [0.25, 0.3) is 0 Å². The number of fused-ring (bicyclic) bond motifs is 1. The molecule has 132 valence electrons. The molecule has 26 heavy (non-hydrogen) atoms. The summed E-state index contributed by atoms with van der Waals surface area (Å²) in [5, 5.41) is 3.26. The van der Waals surface area contributed by atoms with Crippen LogP contribution in [-0.4, -0.2) is 23.6 Å². The molecule has 0 bridgehead atoms. The Balaban J connectivity index is 1.60. The van der Waals surface area contributed by atoms with Crippen molar-refractivity contribution in [3.05, 3.63) is 66.0 Å². The highest BCUT2D eigenvalue weighted by Gasteiger charge is 2.20. The summed E-state index contributed by atoms with van der Waals surface area (Å²) in [5.74, 6) is 2.14. The predicted molar refractivity (Wildman–Crippen MR) is 104 cm³/mol. The molecule has 0 saturated heterocycles. The van der Waals surface area contributed by atoms with Crippen LogP contribution in [0.3, 0.4) is 0 Å². The molecule has 1 aromatic heterocycles. The number of nitrogens with two attached hydrogens (primary N) is 1. The molecular weight excluding hydrogens is 326 g/mol. The molecule has 3 aromatic rings. The number of rotatable bonds is 4. The minimum absolute atomic E-state index is 0.551. The summed E-state index contributed by atoms with van der Waals surface area (Å²) < 4.78 is 5.26. The molecule has 0 fully saturated rings. The fraction of sp³-hybridized carbons (Fsp3) is 0.200. The lowest BCUT2D eigenvalue weighted by atomic mass is 10.00. The normalized spacial score (nSPS) is 13.2. The maximum absolute atomic E-state index is 6.39. The van der Waals surface area contributed by atoms with Crippen LogP contribution in [0.5, 0.6) is 5.75 Å². The standard InChI is InChI=1S/C20H21N5O/c1-26-17-8-4-7-16(11-17)24-19-18(21)20(23-13-22-19)25-10-9-14-5-2-3-6-15(14)12-25/h2-8,11,13H,9-10,12,21H2,1H3,(H,22,23,24). The van der Waals surface area contributed by atoms with Gasteiger partial charge < -0.3 is 20.7 Å². The van der Waals surface area contributed by atoms with E-state index in [2.05, 4.69) is 44.5 Å². The van der Waals surface area contributed by atoms with E-state index < -0.39 is 0 Å². The molecule has 0 saturated carbocycles. The van der Waals surface area contributed by atoms with Crippen molar-refractivity contribution in [1.29, 1.82) is 0 Å². The Hall–Kier alpha value is -3.28. The summed E-state index contributed by atoms with van der Waals surface area (Å²) in [6, 6.07) is 16.2. The number of aromatic nitrogens is 2. The van der Waals surface area contributed by atoms with Crippen molar-refractivity contribution in [1.82, 2.24) is 9.97 Å². The lowest BCUT2D eigenvalue weighted by Crippen LogP contribution is -2.31. The molecule has 0 aliphatic carbocycles. The maximum atomic E-state index is 6.39. The van der Waals surface area contributed by atoms with Gasteiger partial charge in [0.05, 0.1) is 7.11 Å². The number of ether oxygens (including phenoxy) is 1. The molecule has 0 atom stereocenters. The van der Waals surface area contributed by atoms with Crippen molar-refractivity contribution in [3.63, 3.8) is 0 Å². The van der Waals surface area contributed by atoms with Crippen molar-refractivity contribution >= 4 is 23.0 Å². The zero-order valence-electron chi connectivity index (χ0n) is 14.6. The largest absolute Gasteiger partial charge is 0.497 e. The highest BCUT2D eigenvalue weighted by atomic mass is 16.5. The quantitative estimate of drug-likeness (QED) is 0.753. The van der Waals surface area contributed by atoms with E-state index in [4.69, 9.17) is 10.5 Å². The van der Waals surface area contributed by atoms with Gasteiger partial charge in [-0.3, -0.25) is 0 Å². The zero-order valence-corrected chi connectivity index (χ0v) is 14.6. The summed E-state index contributed by atoms with van der Waals surface area (Å²) in [7, 11) is 1.64. The van der Waals surface area contributed by atoms with E-state index in [1.54, 1.807) is 13.4 Å². The molecule has 0 unspecified atom stereocenters. The van der Waals surface area contributed by atoms with E-state index in [9.17, 15) is 0 Å². The minimum Gasteiger partial charge on any atom is -0.497 e. The number of nitrogens with one attached hydrogen (secondary N) is 1. The molecule has 6 heteroatoms. The van der Waals surface area contributed by atoms with Crippen LogP contribution in [0.25, 0.3) is 0 Å². The van der Waals surface area contributed by atoms with Gasteiger partial charge in [-0.2, -0.15) is 0 Å². The maximum Gasteiger partial charge on any atom is 0.159 e. The van der Waals surface area contributed by atoms with E-state index in [0.717, 1.165) is 36.8 Å². The highest BCUT2D eigenvalue weighted by Crippen LogP contribution is 2.32. The number of benzene rings is 2. The lowest BCUT2D eigenvalue weighted by molar-refractivity contribution is 0.415. The molecule has 0 radical (unpaired) electrons. The molecule has 0 amide bonds. The third-order valence-corrected chi connectivity index (χ3v) is 4.63. The monoisotopic (exact) mass is 347 g/mol. The predicted octanol–water partition coefficient (Wildman–Crippen LogP) is 3.37. The molecule has 3 N–H and O–H groups in total. The molecule has 4 rings (SSSR count). The van der Waals surface area contributed by atoms with Gasteiger partial charge in [-0.25, -0.2) is 9.97 Å². The molecule has 1 aliphatic rings. The average molecular weight is 347 g/mol. The molecule has 0 spiro atoms. The lowest BCUT2D eigenvalue weighted by Gasteiger charge is -2.30. The number of hydrogen-bond acceptors (Lipinski definition) is 6. The Kier molecular flexibility index (Phi) is 4.31. The third-order valence-electron chi connectivity index (χ3n) is 4.63. The van der Waals surface area contributed by atoms with Gasteiger partial charge in [0.2, 0.25) is 0 Å². The van der Waals surface area contributed by atoms with Gasteiger partial charge in [-0.1, -0.05) is 30.3 Å². The fourth-order valence-electron chi connectivity index (χ4n) is 3.25. The van der Waals surface area contributed by atoms with Crippen molar-refractivity contribution in [2.75, 3.05) is 29.6 Å².